The van der Waals surface area contributed by atoms with Crippen LogP contribution in [0.3, 0.4) is 0 Å². The van der Waals surface area contributed by atoms with Gasteiger partial charge in [0.1, 0.15) is 5.75 Å². The van der Waals surface area contributed by atoms with Gasteiger partial charge < -0.3 is 10.1 Å². The van der Waals surface area contributed by atoms with Gasteiger partial charge in [-0.1, -0.05) is 11.6 Å². The van der Waals surface area contributed by atoms with Crippen LogP contribution in [0.25, 0.3) is 0 Å². The average Bonchev–Trinajstić information content (AvgIpc) is 3.09. The highest BCUT2D eigenvalue weighted by atomic mass is 16.5. The predicted octanol–water partition coefficient (Wildman–Crippen LogP) is 2.19. The minimum absolute atomic E-state index is 0.185. The van der Waals surface area contributed by atoms with E-state index in [2.05, 4.69) is 5.32 Å². The van der Waals surface area contributed by atoms with Gasteiger partial charge >= 0.3 is 0 Å². The summed E-state index contributed by atoms with van der Waals surface area (Å²) in [6.07, 6.45) is 1.95. The van der Waals surface area contributed by atoms with Crippen molar-refractivity contribution >= 4 is 5.78 Å². The number of hydrogen-bond donors (Lipinski definition) is 1. The van der Waals surface area contributed by atoms with Crippen molar-refractivity contribution in [2.24, 2.45) is 5.41 Å². The molecular formula is C14H19NO2. The average molecular weight is 233 g/mol. The second-order valence-corrected chi connectivity index (χ2v) is 4.84. The summed E-state index contributed by atoms with van der Waals surface area (Å²) < 4.78 is 5.28. The fourth-order valence-corrected chi connectivity index (χ4v) is 2.26. The largest absolute Gasteiger partial charge is 0.496 e. The molecule has 2 rings (SSSR count). The number of nitrogens with one attached hydrogen (secondary N) is 1. The van der Waals surface area contributed by atoms with E-state index in [-0.39, 0.29) is 11.2 Å². The van der Waals surface area contributed by atoms with E-state index in [1.807, 2.05) is 32.2 Å². The van der Waals surface area contributed by atoms with Crippen molar-refractivity contribution in [1.29, 1.82) is 0 Å². The highest BCUT2D eigenvalue weighted by molar-refractivity contribution is 6.04. The first-order valence-corrected chi connectivity index (χ1v) is 5.97. The quantitative estimate of drug-likeness (QED) is 0.792. The molecule has 1 aromatic carbocycles. The molecule has 0 spiro atoms. The van der Waals surface area contributed by atoms with Crippen molar-refractivity contribution in [3.63, 3.8) is 0 Å². The Morgan fingerprint density at radius 1 is 1.47 bits per heavy atom. The molecule has 1 aromatic rings. The van der Waals surface area contributed by atoms with E-state index < -0.39 is 0 Å². The van der Waals surface area contributed by atoms with Crippen LogP contribution >= 0.6 is 0 Å². The van der Waals surface area contributed by atoms with Gasteiger partial charge in [0.05, 0.1) is 12.7 Å². The van der Waals surface area contributed by atoms with Gasteiger partial charge in [-0.25, -0.2) is 0 Å². The molecule has 0 aliphatic heterocycles. The third-order valence-electron chi connectivity index (χ3n) is 3.45. The van der Waals surface area contributed by atoms with Crippen molar-refractivity contribution in [2.45, 2.75) is 19.8 Å². The summed E-state index contributed by atoms with van der Waals surface area (Å²) in [5.74, 6) is 0.898. The zero-order valence-electron chi connectivity index (χ0n) is 10.7. The maximum atomic E-state index is 12.5. The molecule has 92 valence electrons. The maximum absolute atomic E-state index is 12.5. The molecule has 0 unspecified atom stereocenters. The van der Waals surface area contributed by atoms with Crippen molar-refractivity contribution < 1.29 is 9.53 Å². The molecule has 0 saturated heterocycles. The molecule has 0 aromatic heterocycles. The Morgan fingerprint density at radius 2 is 2.18 bits per heavy atom. The van der Waals surface area contributed by atoms with Crippen LogP contribution in [0.5, 0.6) is 5.75 Å². The SMILES string of the molecule is CNCC1(C(=O)c2cc(C)ccc2OC)CC1. The summed E-state index contributed by atoms with van der Waals surface area (Å²) in [5, 5.41) is 3.11. The van der Waals surface area contributed by atoms with Gasteiger partial charge in [-0.15, -0.1) is 0 Å². The van der Waals surface area contributed by atoms with Crippen LogP contribution < -0.4 is 10.1 Å². The van der Waals surface area contributed by atoms with Gasteiger partial charge in [0.15, 0.2) is 5.78 Å². The Labute approximate surface area is 102 Å². The molecule has 17 heavy (non-hydrogen) atoms. The number of hydrogen-bond acceptors (Lipinski definition) is 3. The van der Waals surface area contributed by atoms with E-state index in [9.17, 15) is 4.79 Å². The molecule has 0 amide bonds. The number of carbonyl (C=O) groups is 1. The lowest BCUT2D eigenvalue weighted by Gasteiger charge is -2.16. The molecule has 3 heteroatoms. The van der Waals surface area contributed by atoms with Crippen LogP contribution in [0.4, 0.5) is 0 Å². The van der Waals surface area contributed by atoms with Crippen molar-refractivity contribution in [2.75, 3.05) is 20.7 Å². The summed E-state index contributed by atoms with van der Waals surface area (Å²) >= 11 is 0. The number of benzene rings is 1. The molecule has 1 N–H and O–H groups in total. The Bertz CT molecular complexity index is 436. The smallest absolute Gasteiger partial charge is 0.174 e. The maximum Gasteiger partial charge on any atom is 0.174 e. The predicted molar refractivity (Wildman–Crippen MR) is 67.7 cm³/mol. The molecule has 0 atom stereocenters. The Balaban J connectivity index is 2.33. The number of methoxy groups -OCH3 is 1. The molecular weight excluding hydrogens is 214 g/mol. The van der Waals surface area contributed by atoms with E-state index in [0.717, 1.165) is 30.5 Å². The third-order valence-corrected chi connectivity index (χ3v) is 3.45. The topological polar surface area (TPSA) is 38.3 Å². The molecule has 1 aliphatic rings. The Hall–Kier alpha value is -1.35. The van der Waals surface area contributed by atoms with Gasteiger partial charge in [-0.2, -0.15) is 0 Å². The van der Waals surface area contributed by atoms with Gasteiger partial charge in [0.2, 0.25) is 0 Å². The molecule has 1 aliphatic carbocycles. The molecule has 1 fully saturated rings. The van der Waals surface area contributed by atoms with Crippen LogP contribution in [-0.4, -0.2) is 26.5 Å². The summed E-state index contributed by atoms with van der Waals surface area (Å²) in [5.41, 5.74) is 1.63. The summed E-state index contributed by atoms with van der Waals surface area (Å²) in [6.45, 7) is 2.75. The van der Waals surface area contributed by atoms with E-state index in [1.165, 1.54) is 0 Å². The molecule has 1 saturated carbocycles. The van der Waals surface area contributed by atoms with Crippen LogP contribution in [0, 0.1) is 12.3 Å². The fraction of sp³-hybridized carbons (Fsp3) is 0.500. The zero-order valence-corrected chi connectivity index (χ0v) is 10.7. The van der Waals surface area contributed by atoms with Gasteiger partial charge in [0.25, 0.3) is 0 Å². The normalized spacial score (nSPS) is 16.6. The van der Waals surface area contributed by atoms with Gasteiger partial charge in [0, 0.05) is 12.0 Å². The Morgan fingerprint density at radius 3 is 2.71 bits per heavy atom. The van der Waals surface area contributed by atoms with Crippen LogP contribution in [0.1, 0.15) is 28.8 Å². The number of rotatable bonds is 5. The second kappa shape index (κ2) is 4.49. The number of aryl methyl sites for hydroxylation is 1. The third kappa shape index (κ3) is 2.20. The summed E-state index contributed by atoms with van der Waals surface area (Å²) in [7, 11) is 3.50. The lowest BCUT2D eigenvalue weighted by Crippen LogP contribution is -2.28. The first-order valence-electron chi connectivity index (χ1n) is 5.97. The summed E-state index contributed by atoms with van der Waals surface area (Å²) in [4.78, 5) is 12.5. The Kier molecular flexibility index (Phi) is 3.20. The number of carbonyl (C=O) groups excluding carboxylic acids is 1. The van der Waals surface area contributed by atoms with Crippen LogP contribution in [0.2, 0.25) is 0 Å². The first-order chi connectivity index (χ1) is 8.13. The lowest BCUT2D eigenvalue weighted by molar-refractivity contribution is 0.0897. The highest BCUT2D eigenvalue weighted by Crippen LogP contribution is 2.48. The van der Waals surface area contributed by atoms with E-state index in [4.69, 9.17) is 4.74 Å². The molecule has 0 heterocycles. The first kappa shape index (κ1) is 12.1. The zero-order chi connectivity index (χ0) is 12.5. The molecule has 3 nitrogen and oxygen atoms in total. The minimum atomic E-state index is -0.185. The fourth-order valence-electron chi connectivity index (χ4n) is 2.26. The van der Waals surface area contributed by atoms with Crippen molar-refractivity contribution in [1.82, 2.24) is 5.32 Å². The van der Waals surface area contributed by atoms with E-state index >= 15 is 0 Å². The van der Waals surface area contributed by atoms with Crippen LogP contribution in [-0.2, 0) is 0 Å². The minimum Gasteiger partial charge on any atom is -0.496 e. The van der Waals surface area contributed by atoms with E-state index in [1.54, 1.807) is 7.11 Å². The van der Waals surface area contributed by atoms with Crippen LogP contribution in [0.15, 0.2) is 18.2 Å². The highest BCUT2D eigenvalue weighted by Gasteiger charge is 2.49. The number of Topliss-reactive ketones (excluding diaryl/α,β-unsaturated/α-hetero) is 1. The second-order valence-electron chi connectivity index (χ2n) is 4.84. The van der Waals surface area contributed by atoms with E-state index in [0.29, 0.717) is 5.75 Å². The lowest BCUT2D eigenvalue weighted by atomic mass is 9.93. The number of ether oxygens (including phenoxy) is 1. The molecule has 0 radical (unpaired) electrons. The van der Waals surface area contributed by atoms with Crippen molar-refractivity contribution in [3.05, 3.63) is 29.3 Å². The standard InChI is InChI=1S/C14H19NO2/c1-10-4-5-12(17-3)11(8-10)13(16)14(6-7-14)9-15-2/h4-5,8,15H,6-7,9H2,1-3H3. The number of ketones is 1. The summed E-state index contributed by atoms with van der Waals surface area (Å²) in [6, 6.07) is 5.77. The van der Waals surface area contributed by atoms with Gasteiger partial charge in [-0.05, 0) is 38.9 Å². The van der Waals surface area contributed by atoms with Crippen molar-refractivity contribution in [3.8, 4) is 5.75 Å². The van der Waals surface area contributed by atoms with Gasteiger partial charge in [-0.3, -0.25) is 4.79 Å². The molecule has 0 bridgehead atoms. The monoisotopic (exact) mass is 233 g/mol.